The van der Waals surface area contributed by atoms with Gasteiger partial charge in [0.2, 0.25) is 5.91 Å². The van der Waals surface area contributed by atoms with E-state index in [1.165, 1.54) is 16.2 Å². The van der Waals surface area contributed by atoms with Crippen LogP contribution in [0.15, 0.2) is 48.5 Å². The second kappa shape index (κ2) is 10.7. The third kappa shape index (κ3) is 5.42. The summed E-state index contributed by atoms with van der Waals surface area (Å²) in [4.78, 5) is 27.6. The highest BCUT2D eigenvalue weighted by Crippen LogP contribution is 2.40. The predicted octanol–water partition coefficient (Wildman–Crippen LogP) is 5.71. The summed E-state index contributed by atoms with van der Waals surface area (Å²) in [6.07, 6.45) is 3.00. The fourth-order valence-corrected chi connectivity index (χ4v) is 5.64. The Balaban J connectivity index is 1.59. The fraction of sp³-hybridized carbons (Fsp3) is 0.333. The van der Waals surface area contributed by atoms with Crippen LogP contribution in [0.4, 0.5) is 10.7 Å². The molecule has 4 rings (SSSR count). The molecule has 0 saturated carbocycles. The van der Waals surface area contributed by atoms with Crippen molar-refractivity contribution >= 4 is 33.8 Å². The first-order valence-corrected chi connectivity index (χ1v) is 12.4. The molecule has 1 aromatic heterocycles. The van der Waals surface area contributed by atoms with Gasteiger partial charge in [-0.05, 0) is 67.5 Å². The molecule has 1 aliphatic carbocycles. The standard InChI is InChI=1S/C27H30N2O4S/c1-4-33-22-8-6-5-7-21(22)28-26(31)25-20-14-9-17(2)15-23(20)34-27(25)29-24(30)16-18-10-12-19(32-3)13-11-18/h5-8,10-13,17H,4,9,14-16H2,1-3H3,(H,28,31)(H,29,30). The Morgan fingerprint density at radius 1 is 1.09 bits per heavy atom. The van der Waals surface area contributed by atoms with E-state index in [1.807, 2.05) is 55.5 Å². The number of carbonyl (C=O) groups excluding carboxylic acids is 2. The second-order valence-corrected chi connectivity index (χ2v) is 9.62. The van der Waals surface area contributed by atoms with Crippen LogP contribution in [0.3, 0.4) is 0 Å². The molecular weight excluding hydrogens is 448 g/mol. The maximum absolute atomic E-state index is 13.5. The van der Waals surface area contributed by atoms with E-state index in [-0.39, 0.29) is 18.2 Å². The molecular formula is C27H30N2O4S. The van der Waals surface area contributed by atoms with Gasteiger partial charge in [0, 0.05) is 4.88 Å². The monoisotopic (exact) mass is 478 g/mol. The Morgan fingerprint density at radius 2 is 1.85 bits per heavy atom. The molecule has 6 nitrogen and oxygen atoms in total. The van der Waals surface area contributed by atoms with Crippen LogP contribution in [0.2, 0.25) is 0 Å². The molecule has 3 aromatic rings. The van der Waals surface area contributed by atoms with E-state index >= 15 is 0 Å². The first-order valence-electron chi connectivity index (χ1n) is 11.6. The molecule has 1 aliphatic rings. The second-order valence-electron chi connectivity index (χ2n) is 8.51. The van der Waals surface area contributed by atoms with Crippen LogP contribution in [0.5, 0.6) is 11.5 Å². The van der Waals surface area contributed by atoms with Crippen molar-refractivity contribution in [3.05, 3.63) is 70.1 Å². The molecule has 0 fully saturated rings. The highest BCUT2D eigenvalue weighted by Gasteiger charge is 2.29. The van der Waals surface area contributed by atoms with Gasteiger partial charge in [0.05, 0.1) is 31.4 Å². The van der Waals surface area contributed by atoms with E-state index in [1.54, 1.807) is 7.11 Å². The maximum atomic E-state index is 13.5. The van der Waals surface area contributed by atoms with Crippen molar-refractivity contribution in [2.75, 3.05) is 24.4 Å². The molecule has 1 unspecified atom stereocenters. The number of para-hydroxylation sites is 2. The fourth-order valence-electron chi connectivity index (χ4n) is 4.21. The molecule has 0 aliphatic heterocycles. The van der Waals surface area contributed by atoms with Gasteiger partial charge in [-0.15, -0.1) is 11.3 Å². The largest absolute Gasteiger partial charge is 0.497 e. The number of hydrogen-bond donors (Lipinski definition) is 2. The molecule has 1 heterocycles. The van der Waals surface area contributed by atoms with Crippen molar-refractivity contribution in [1.82, 2.24) is 0 Å². The van der Waals surface area contributed by atoms with Crippen molar-refractivity contribution in [3.8, 4) is 11.5 Å². The number of hydrogen-bond acceptors (Lipinski definition) is 5. The van der Waals surface area contributed by atoms with Gasteiger partial charge in [-0.3, -0.25) is 9.59 Å². The van der Waals surface area contributed by atoms with E-state index in [2.05, 4.69) is 17.6 Å². The van der Waals surface area contributed by atoms with Crippen LogP contribution in [0.25, 0.3) is 0 Å². The van der Waals surface area contributed by atoms with Crippen molar-refractivity contribution in [2.24, 2.45) is 5.92 Å². The van der Waals surface area contributed by atoms with Crippen molar-refractivity contribution in [1.29, 1.82) is 0 Å². The van der Waals surface area contributed by atoms with Gasteiger partial charge in [0.1, 0.15) is 16.5 Å². The molecule has 2 amide bonds. The lowest BCUT2D eigenvalue weighted by atomic mass is 9.88. The van der Waals surface area contributed by atoms with Crippen LogP contribution in [0.1, 0.15) is 46.6 Å². The number of nitrogens with one attached hydrogen (secondary N) is 2. The van der Waals surface area contributed by atoms with Gasteiger partial charge in [0.15, 0.2) is 0 Å². The Labute approximate surface area is 204 Å². The third-order valence-electron chi connectivity index (χ3n) is 5.95. The lowest BCUT2D eigenvalue weighted by Crippen LogP contribution is -2.20. The lowest BCUT2D eigenvalue weighted by Gasteiger charge is -2.19. The highest BCUT2D eigenvalue weighted by molar-refractivity contribution is 7.17. The lowest BCUT2D eigenvalue weighted by molar-refractivity contribution is -0.115. The van der Waals surface area contributed by atoms with Crippen molar-refractivity contribution < 1.29 is 19.1 Å². The first-order chi connectivity index (χ1) is 16.5. The molecule has 0 saturated heterocycles. The summed E-state index contributed by atoms with van der Waals surface area (Å²) < 4.78 is 10.9. The molecule has 0 bridgehead atoms. The van der Waals surface area contributed by atoms with Gasteiger partial charge in [-0.1, -0.05) is 31.2 Å². The Hall–Kier alpha value is -3.32. The molecule has 0 radical (unpaired) electrons. The minimum Gasteiger partial charge on any atom is -0.497 e. The summed E-state index contributed by atoms with van der Waals surface area (Å²) in [5.74, 6) is 1.56. The normalized spacial score (nSPS) is 14.7. The van der Waals surface area contributed by atoms with E-state index < -0.39 is 0 Å². The number of amides is 2. The summed E-state index contributed by atoms with van der Waals surface area (Å²) in [6.45, 7) is 4.64. The summed E-state index contributed by atoms with van der Waals surface area (Å²) >= 11 is 1.52. The number of benzene rings is 2. The van der Waals surface area contributed by atoms with Crippen LogP contribution in [0, 0.1) is 5.92 Å². The Morgan fingerprint density at radius 3 is 2.59 bits per heavy atom. The third-order valence-corrected chi connectivity index (χ3v) is 7.12. The quantitative estimate of drug-likeness (QED) is 0.435. The Bertz CT molecular complexity index is 1170. The van der Waals surface area contributed by atoms with Crippen LogP contribution < -0.4 is 20.1 Å². The summed E-state index contributed by atoms with van der Waals surface area (Å²) in [5.41, 5.74) is 3.12. The van der Waals surface area contributed by atoms with Crippen LogP contribution in [-0.2, 0) is 24.1 Å². The SMILES string of the molecule is CCOc1ccccc1NC(=O)c1c(NC(=O)Cc2ccc(OC)cc2)sc2c1CCC(C)C2. The number of fused-ring (bicyclic) bond motifs is 1. The average Bonchev–Trinajstić information content (AvgIpc) is 3.17. The summed E-state index contributed by atoms with van der Waals surface area (Å²) in [5, 5.41) is 6.65. The molecule has 2 N–H and O–H groups in total. The molecule has 0 spiro atoms. The zero-order chi connectivity index (χ0) is 24.1. The van der Waals surface area contributed by atoms with Crippen LogP contribution in [-0.4, -0.2) is 25.5 Å². The number of carbonyl (C=O) groups is 2. The number of rotatable bonds is 8. The van der Waals surface area contributed by atoms with E-state index in [4.69, 9.17) is 9.47 Å². The molecule has 2 aromatic carbocycles. The zero-order valence-electron chi connectivity index (χ0n) is 19.8. The van der Waals surface area contributed by atoms with E-state index in [0.717, 1.165) is 36.1 Å². The topological polar surface area (TPSA) is 76.7 Å². The highest BCUT2D eigenvalue weighted by atomic mass is 32.1. The van der Waals surface area contributed by atoms with E-state index in [9.17, 15) is 9.59 Å². The van der Waals surface area contributed by atoms with E-state index in [0.29, 0.717) is 34.5 Å². The number of thiophene rings is 1. The first kappa shape index (κ1) is 23.8. The van der Waals surface area contributed by atoms with Crippen LogP contribution >= 0.6 is 11.3 Å². The van der Waals surface area contributed by atoms with Gasteiger partial charge >= 0.3 is 0 Å². The average molecular weight is 479 g/mol. The minimum absolute atomic E-state index is 0.152. The smallest absolute Gasteiger partial charge is 0.259 e. The summed E-state index contributed by atoms with van der Waals surface area (Å²) in [6, 6.07) is 14.8. The van der Waals surface area contributed by atoms with Gasteiger partial charge in [-0.25, -0.2) is 0 Å². The summed E-state index contributed by atoms with van der Waals surface area (Å²) in [7, 11) is 1.61. The predicted molar refractivity (Wildman–Crippen MR) is 136 cm³/mol. The van der Waals surface area contributed by atoms with Gasteiger partial charge in [0.25, 0.3) is 5.91 Å². The molecule has 34 heavy (non-hydrogen) atoms. The molecule has 7 heteroatoms. The maximum Gasteiger partial charge on any atom is 0.259 e. The molecule has 178 valence electrons. The van der Waals surface area contributed by atoms with Gasteiger partial charge in [-0.2, -0.15) is 0 Å². The van der Waals surface area contributed by atoms with Crippen molar-refractivity contribution in [3.63, 3.8) is 0 Å². The van der Waals surface area contributed by atoms with Gasteiger partial charge < -0.3 is 20.1 Å². The molecule has 1 atom stereocenters. The number of methoxy groups -OCH3 is 1. The minimum atomic E-state index is -0.223. The van der Waals surface area contributed by atoms with Crippen molar-refractivity contribution in [2.45, 2.75) is 39.5 Å². The number of anilines is 2. The zero-order valence-corrected chi connectivity index (χ0v) is 20.6. The number of ether oxygens (including phenoxy) is 2. The Kier molecular flexibility index (Phi) is 7.53.